The number of aliphatic hydroxyl groups excluding tert-OH is 1. The fourth-order valence-electron chi connectivity index (χ4n) is 5.46. The number of β-amino-alcohol motifs (C(OH)–C–C–N with tert-alkyl or cyclic N) is 1. The third kappa shape index (κ3) is 6.00. The number of hydrogen-bond acceptors (Lipinski definition) is 5. The molecule has 1 aliphatic carbocycles. The standard InChI is InChI=1S/C27H32ClN3O5/c28-19-5-7-20(8-6-19)30-27(34)31-14-22(32)15-35-16-25-24(31)10-9-23(36-25)13-26(33)29-21-11-17-3-1-2-4-18(17)12-21/h1-8,21-25,32H,9-16H2,(H,29,33)(H,30,34)/t22-,23-,24+,25-/m0/s1. The van der Waals surface area contributed by atoms with Gasteiger partial charge in [-0.05, 0) is 61.1 Å². The van der Waals surface area contributed by atoms with E-state index in [9.17, 15) is 14.7 Å². The first kappa shape index (κ1) is 25.0. The lowest BCUT2D eigenvalue weighted by atomic mass is 9.95. The molecule has 36 heavy (non-hydrogen) atoms. The molecule has 0 saturated carbocycles. The van der Waals surface area contributed by atoms with Crippen LogP contribution in [0.25, 0.3) is 0 Å². The third-order valence-corrected chi connectivity index (χ3v) is 7.42. The van der Waals surface area contributed by atoms with Crippen LogP contribution < -0.4 is 10.6 Å². The maximum Gasteiger partial charge on any atom is 0.322 e. The summed E-state index contributed by atoms with van der Waals surface area (Å²) in [4.78, 5) is 27.6. The molecule has 2 aromatic carbocycles. The molecule has 0 unspecified atom stereocenters. The fourth-order valence-corrected chi connectivity index (χ4v) is 5.58. The Morgan fingerprint density at radius 2 is 1.75 bits per heavy atom. The van der Waals surface area contributed by atoms with Gasteiger partial charge in [0.05, 0.1) is 44.4 Å². The zero-order chi connectivity index (χ0) is 25.1. The molecule has 3 aliphatic rings. The van der Waals surface area contributed by atoms with Gasteiger partial charge in [-0.3, -0.25) is 4.79 Å². The second-order valence-corrected chi connectivity index (χ2v) is 10.3. The molecule has 9 heteroatoms. The number of benzene rings is 2. The summed E-state index contributed by atoms with van der Waals surface area (Å²) in [6.07, 6.45) is 1.86. The zero-order valence-electron chi connectivity index (χ0n) is 20.1. The van der Waals surface area contributed by atoms with E-state index in [1.807, 2.05) is 12.1 Å². The van der Waals surface area contributed by atoms with Gasteiger partial charge in [-0.1, -0.05) is 35.9 Å². The molecule has 2 heterocycles. The summed E-state index contributed by atoms with van der Waals surface area (Å²) in [5.74, 6) is -0.0178. The predicted octanol–water partition coefficient (Wildman–Crippen LogP) is 3.15. The first-order chi connectivity index (χ1) is 17.4. The highest BCUT2D eigenvalue weighted by molar-refractivity contribution is 6.30. The number of nitrogens with one attached hydrogen (secondary N) is 2. The van der Waals surface area contributed by atoms with Gasteiger partial charge >= 0.3 is 6.03 Å². The van der Waals surface area contributed by atoms with E-state index in [0.717, 1.165) is 12.8 Å². The number of fused-ring (bicyclic) bond motifs is 2. The van der Waals surface area contributed by atoms with Gasteiger partial charge in [-0.25, -0.2) is 4.79 Å². The van der Waals surface area contributed by atoms with Crippen LogP contribution in [-0.2, 0) is 27.1 Å². The minimum atomic E-state index is -0.791. The van der Waals surface area contributed by atoms with E-state index in [1.54, 1.807) is 29.2 Å². The highest BCUT2D eigenvalue weighted by atomic mass is 35.5. The van der Waals surface area contributed by atoms with Crippen molar-refractivity contribution < 1.29 is 24.2 Å². The highest BCUT2D eigenvalue weighted by Gasteiger charge is 2.40. The molecule has 192 valence electrons. The van der Waals surface area contributed by atoms with Gasteiger partial charge in [0.2, 0.25) is 5.91 Å². The molecule has 2 aromatic rings. The van der Waals surface area contributed by atoms with Gasteiger partial charge < -0.3 is 30.1 Å². The Hall–Kier alpha value is -2.65. The predicted molar refractivity (Wildman–Crippen MR) is 136 cm³/mol. The normalized spacial score (nSPS) is 26.3. The van der Waals surface area contributed by atoms with Gasteiger partial charge in [-0.2, -0.15) is 0 Å². The van der Waals surface area contributed by atoms with Crippen LogP contribution >= 0.6 is 11.6 Å². The van der Waals surface area contributed by atoms with Gasteiger partial charge in [-0.15, -0.1) is 0 Å². The minimum absolute atomic E-state index is 0.0178. The van der Waals surface area contributed by atoms with Crippen molar-refractivity contribution in [2.45, 2.75) is 62.5 Å². The van der Waals surface area contributed by atoms with Crippen LogP contribution in [0, 0.1) is 0 Å². The molecule has 2 aliphatic heterocycles. The molecule has 8 nitrogen and oxygen atoms in total. The molecular weight excluding hydrogens is 482 g/mol. The molecule has 3 amide bonds. The fraction of sp³-hybridized carbons (Fsp3) is 0.481. The minimum Gasteiger partial charge on any atom is -0.389 e. The van der Waals surface area contributed by atoms with E-state index < -0.39 is 6.10 Å². The van der Waals surface area contributed by atoms with Gasteiger partial charge in [0.1, 0.15) is 6.10 Å². The van der Waals surface area contributed by atoms with Crippen molar-refractivity contribution in [3.63, 3.8) is 0 Å². The molecule has 2 fully saturated rings. The number of carbonyl (C=O) groups excluding carboxylic acids is 2. The molecule has 3 N–H and O–H groups in total. The molecule has 4 atom stereocenters. The topological polar surface area (TPSA) is 100 Å². The number of aliphatic hydroxyl groups is 1. The number of nitrogens with zero attached hydrogens (tertiary/aromatic N) is 1. The molecule has 0 bridgehead atoms. The van der Waals surface area contributed by atoms with Crippen molar-refractivity contribution in [3.05, 3.63) is 64.7 Å². The van der Waals surface area contributed by atoms with Crippen LogP contribution in [0.1, 0.15) is 30.4 Å². The largest absolute Gasteiger partial charge is 0.389 e. The Bertz CT molecular complexity index is 1060. The summed E-state index contributed by atoms with van der Waals surface area (Å²) < 4.78 is 12.0. The Labute approximate surface area is 215 Å². The molecular formula is C27H32ClN3O5. The first-order valence-corrected chi connectivity index (χ1v) is 12.9. The highest BCUT2D eigenvalue weighted by Crippen LogP contribution is 2.29. The molecule has 0 spiro atoms. The molecule has 5 rings (SSSR count). The SMILES string of the molecule is O=C(C[C@@H]1CC[C@@H]2[C@H](COC[C@@H](O)CN2C(=O)Nc2ccc(Cl)cc2)O1)NC1Cc2ccccc2C1. The monoisotopic (exact) mass is 513 g/mol. The number of hydrogen-bond donors (Lipinski definition) is 3. The first-order valence-electron chi connectivity index (χ1n) is 12.5. The Balaban J connectivity index is 1.18. The van der Waals surface area contributed by atoms with Crippen LogP contribution in [-0.4, -0.2) is 72.1 Å². The Morgan fingerprint density at radius 1 is 1.03 bits per heavy atom. The average Bonchev–Trinajstić information content (AvgIpc) is 3.25. The zero-order valence-corrected chi connectivity index (χ0v) is 20.8. The summed E-state index contributed by atoms with van der Waals surface area (Å²) in [6.45, 7) is 0.505. The summed E-state index contributed by atoms with van der Waals surface area (Å²) >= 11 is 5.95. The van der Waals surface area contributed by atoms with Gasteiger partial charge in [0, 0.05) is 16.8 Å². The number of halogens is 1. The quantitative estimate of drug-likeness (QED) is 0.583. The molecule has 2 saturated heterocycles. The lowest BCUT2D eigenvalue weighted by molar-refractivity contribution is -0.150. The number of ether oxygens (including phenoxy) is 2. The van der Waals surface area contributed by atoms with E-state index in [0.29, 0.717) is 23.6 Å². The van der Waals surface area contributed by atoms with Crippen molar-refractivity contribution in [1.29, 1.82) is 0 Å². The molecule has 0 aromatic heterocycles. The van der Waals surface area contributed by atoms with Crippen molar-refractivity contribution >= 4 is 29.2 Å². The summed E-state index contributed by atoms with van der Waals surface area (Å²) in [5.41, 5.74) is 3.21. The number of anilines is 1. The smallest absolute Gasteiger partial charge is 0.322 e. The lowest BCUT2D eigenvalue weighted by Gasteiger charge is -2.44. The summed E-state index contributed by atoms with van der Waals surface area (Å²) in [6, 6.07) is 14.7. The van der Waals surface area contributed by atoms with E-state index in [-0.39, 0.29) is 62.4 Å². The summed E-state index contributed by atoms with van der Waals surface area (Å²) in [7, 11) is 0. The van der Waals surface area contributed by atoms with Crippen molar-refractivity contribution in [2.24, 2.45) is 0 Å². The van der Waals surface area contributed by atoms with Crippen molar-refractivity contribution in [3.8, 4) is 0 Å². The number of amides is 3. The molecule has 0 radical (unpaired) electrons. The van der Waals surface area contributed by atoms with E-state index in [2.05, 4.69) is 22.8 Å². The van der Waals surface area contributed by atoms with Crippen LogP contribution in [0.2, 0.25) is 5.02 Å². The second-order valence-electron chi connectivity index (χ2n) is 9.87. The van der Waals surface area contributed by atoms with Crippen molar-refractivity contribution in [2.75, 3.05) is 25.1 Å². The maximum atomic E-state index is 13.2. The third-order valence-electron chi connectivity index (χ3n) is 7.17. The van der Waals surface area contributed by atoms with Crippen LogP contribution in [0.15, 0.2) is 48.5 Å². The number of urea groups is 1. The Morgan fingerprint density at radius 3 is 2.47 bits per heavy atom. The number of carbonyl (C=O) groups is 2. The van der Waals surface area contributed by atoms with E-state index in [1.165, 1.54) is 11.1 Å². The Kier molecular flexibility index (Phi) is 7.76. The van der Waals surface area contributed by atoms with Gasteiger partial charge in [0.25, 0.3) is 0 Å². The van der Waals surface area contributed by atoms with Crippen LogP contribution in [0.4, 0.5) is 10.5 Å². The maximum absolute atomic E-state index is 13.2. The summed E-state index contributed by atoms with van der Waals surface area (Å²) in [5, 5.41) is 17.0. The average molecular weight is 514 g/mol. The van der Waals surface area contributed by atoms with Crippen LogP contribution in [0.5, 0.6) is 0 Å². The second kappa shape index (κ2) is 11.2. The van der Waals surface area contributed by atoms with Crippen molar-refractivity contribution in [1.82, 2.24) is 10.2 Å². The van der Waals surface area contributed by atoms with E-state index >= 15 is 0 Å². The van der Waals surface area contributed by atoms with Gasteiger partial charge in [0.15, 0.2) is 0 Å². The number of rotatable bonds is 4. The lowest BCUT2D eigenvalue weighted by Crippen LogP contribution is -2.58. The van der Waals surface area contributed by atoms with Crippen LogP contribution in [0.3, 0.4) is 0 Å². The van der Waals surface area contributed by atoms with E-state index in [4.69, 9.17) is 21.1 Å².